The molecule has 0 saturated carbocycles. The van der Waals surface area contributed by atoms with Gasteiger partial charge in [0.1, 0.15) is 6.79 Å². The van der Waals surface area contributed by atoms with Crippen molar-refractivity contribution in [2.75, 3.05) is 13.9 Å². The molecule has 0 N–H and O–H groups in total. The summed E-state index contributed by atoms with van der Waals surface area (Å²) in [6.07, 6.45) is 2.86. The molecule has 0 saturated heterocycles. The van der Waals surface area contributed by atoms with E-state index >= 15 is 0 Å². The summed E-state index contributed by atoms with van der Waals surface area (Å²) in [5, 5.41) is 0. The highest BCUT2D eigenvalue weighted by molar-refractivity contribution is 5.81. The molecule has 0 bridgehead atoms. The molecular formula is C17H24O4. The van der Waals surface area contributed by atoms with E-state index in [0.29, 0.717) is 6.61 Å². The Bertz CT molecular complexity index is 446. The maximum Gasteiger partial charge on any atom is 0.330 e. The van der Waals surface area contributed by atoms with Gasteiger partial charge < -0.3 is 14.2 Å². The number of benzene rings is 1. The fraction of sp³-hybridized carbons (Fsp3) is 0.471. The predicted molar refractivity (Wildman–Crippen MR) is 81.6 cm³/mol. The minimum absolute atomic E-state index is 0.138. The Kier molecular flexibility index (Phi) is 7.12. The third-order valence-corrected chi connectivity index (χ3v) is 2.90. The first kappa shape index (κ1) is 17.4. The van der Waals surface area contributed by atoms with Crippen LogP contribution in [0.5, 0.6) is 0 Å². The van der Waals surface area contributed by atoms with Gasteiger partial charge in [0, 0.05) is 6.08 Å². The molecule has 1 atom stereocenters. The minimum atomic E-state index is -0.391. The summed E-state index contributed by atoms with van der Waals surface area (Å²) in [5.74, 6) is -0.391. The van der Waals surface area contributed by atoms with Gasteiger partial charge in [0.15, 0.2) is 0 Å². The van der Waals surface area contributed by atoms with E-state index in [-0.39, 0.29) is 18.3 Å². The van der Waals surface area contributed by atoms with Crippen molar-refractivity contribution in [3.05, 3.63) is 48.0 Å². The van der Waals surface area contributed by atoms with Crippen molar-refractivity contribution >= 4 is 5.97 Å². The van der Waals surface area contributed by atoms with Crippen molar-refractivity contribution in [2.24, 2.45) is 5.41 Å². The average molecular weight is 292 g/mol. The van der Waals surface area contributed by atoms with E-state index in [9.17, 15) is 4.79 Å². The number of hydrogen-bond acceptors (Lipinski definition) is 4. The standard InChI is InChI=1S/C17H24O4/c1-17(2,3)15(10-11-16(18)19-4)21-13-20-12-14-8-6-5-7-9-14/h5-11,15H,12-13H2,1-4H3/b11-10+/t15-/m0/s1. The van der Waals surface area contributed by atoms with Crippen molar-refractivity contribution in [3.8, 4) is 0 Å². The smallest absolute Gasteiger partial charge is 0.330 e. The Balaban J connectivity index is 2.43. The molecule has 21 heavy (non-hydrogen) atoms. The zero-order chi connectivity index (χ0) is 15.7. The van der Waals surface area contributed by atoms with Crippen molar-refractivity contribution in [2.45, 2.75) is 33.5 Å². The van der Waals surface area contributed by atoms with Gasteiger partial charge >= 0.3 is 5.97 Å². The molecule has 0 spiro atoms. The Morgan fingerprint density at radius 3 is 2.48 bits per heavy atom. The van der Waals surface area contributed by atoms with Crippen molar-refractivity contribution in [1.82, 2.24) is 0 Å². The first-order valence-electron chi connectivity index (χ1n) is 6.93. The van der Waals surface area contributed by atoms with Crippen LogP contribution in [0.3, 0.4) is 0 Å². The van der Waals surface area contributed by atoms with Crippen molar-refractivity contribution < 1.29 is 19.0 Å². The highest BCUT2D eigenvalue weighted by Gasteiger charge is 2.23. The van der Waals surface area contributed by atoms with Crippen LogP contribution in [-0.2, 0) is 25.6 Å². The molecule has 0 aliphatic heterocycles. The zero-order valence-electron chi connectivity index (χ0n) is 13.2. The summed E-state index contributed by atoms with van der Waals surface area (Å²) < 4.78 is 15.8. The van der Waals surface area contributed by atoms with Gasteiger partial charge in [-0.15, -0.1) is 0 Å². The number of carbonyl (C=O) groups is 1. The summed E-state index contributed by atoms with van der Waals surface area (Å²) in [6.45, 7) is 6.78. The molecule has 0 aromatic heterocycles. The number of carbonyl (C=O) groups excluding carboxylic acids is 1. The van der Waals surface area contributed by atoms with Crippen molar-refractivity contribution in [1.29, 1.82) is 0 Å². The molecule has 1 aromatic carbocycles. The van der Waals surface area contributed by atoms with E-state index in [4.69, 9.17) is 9.47 Å². The molecule has 4 nitrogen and oxygen atoms in total. The van der Waals surface area contributed by atoms with Crippen LogP contribution in [0.1, 0.15) is 26.3 Å². The van der Waals surface area contributed by atoms with Crippen LogP contribution in [0.4, 0.5) is 0 Å². The van der Waals surface area contributed by atoms with E-state index in [1.807, 2.05) is 51.1 Å². The van der Waals surface area contributed by atoms with Crippen LogP contribution in [-0.4, -0.2) is 26.0 Å². The minimum Gasteiger partial charge on any atom is -0.466 e. The second-order valence-electron chi connectivity index (χ2n) is 5.79. The van der Waals surface area contributed by atoms with Crippen LogP contribution in [0.25, 0.3) is 0 Å². The van der Waals surface area contributed by atoms with E-state index in [1.165, 1.54) is 13.2 Å². The van der Waals surface area contributed by atoms with E-state index < -0.39 is 5.97 Å². The van der Waals surface area contributed by atoms with Crippen LogP contribution >= 0.6 is 0 Å². The normalized spacial score (nSPS) is 13.3. The molecule has 0 aliphatic carbocycles. The van der Waals surface area contributed by atoms with Gasteiger partial charge in [0.2, 0.25) is 0 Å². The molecule has 0 fully saturated rings. The molecular weight excluding hydrogens is 268 g/mol. The maximum absolute atomic E-state index is 11.2. The second-order valence-corrected chi connectivity index (χ2v) is 5.79. The summed E-state index contributed by atoms with van der Waals surface area (Å²) in [7, 11) is 1.35. The number of hydrogen-bond donors (Lipinski definition) is 0. The van der Waals surface area contributed by atoms with Crippen LogP contribution in [0.2, 0.25) is 0 Å². The third kappa shape index (κ3) is 7.06. The molecule has 1 rings (SSSR count). The molecule has 0 aliphatic rings. The Morgan fingerprint density at radius 2 is 1.90 bits per heavy atom. The lowest BCUT2D eigenvalue weighted by Crippen LogP contribution is -2.28. The summed E-state index contributed by atoms with van der Waals surface area (Å²) in [4.78, 5) is 11.2. The lowest BCUT2D eigenvalue weighted by molar-refractivity contribution is -0.135. The van der Waals surface area contributed by atoms with E-state index in [0.717, 1.165) is 5.56 Å². The SMILES string of the molecule is COC(=O)/C=C/[C@H](OCOCc1ccccc1)C(C)(C)C. The third-order valence-electron chi connectivity index (χ3n) is 2.90. The molecule has 0 heterocycles. The van der Waals surface area contributed by atoms with Gasteiger partial charge in [-0.05, 0) is 17.1 Å². The molecule has 0 radical (unpaired) electrons. The van der Waals surface area contributed by atoms with Crippen LogP contribution < -0.4 is 0 Å². The average Bonchev–Trinajstić information content (AvgIpc) is 2.45. The lowest BCUT2D eigenvalue weighted by atomic mass is 9.89. The topological polar surface area (TPSA) is 44.8 Å². The molecule has 4 heteroatoms. The van der Waals surface area contributed by atoms with Gasteiger partial charge in [-0.3, -0.25) is 0 Å². The van der Waals surface area contributed by atoms with Gasteiger partial charge in [-0.2, -0.15) is 0 Å². The largest absolute Gasteiger partial charge is 0.466 e. The predicted octanol–water partition coefficient (Wildman–Crippen LogP) is 3.32. The Hall–Kier alpha value is -1.65. The highest BCUT2D eigenvalue weighted by Crippen LogP contribution is 2.23. The Morgan fingerprint density at radius 1 is 1.24 bits per heavy atom. The molecule has 0 amide bonds. The van der Waals surface area contributed by atoms with Gasteiger partial charge in [-0.1, -0.05) is 51.1 Å². The zero-order valence-corrected chi connectivity index (χ0v) is 13.2. The first-order valence-corrected chi connectivity index (χ1v) is 6.93. The second kappa shape index (κ2) is 8.60. The van der Waals surface area contributed by atoms with Crippen LogP contribution in [0, 0.1) is 5.41 Å². The highest BCUT2D eigenvalue weighted by atomic mass is 16.7. The number of ether oxygens (including phenoxy) is 3. The Labute approximate surface area is 126 Å². The van der Waals surface area contributed by atoms with Gasteiger partial charge in [-0.25, -0.2) is 4.79 Å². The lowest BCUT2D eigenvalue weighted by Gasteiger charge is -2.28. The van der Waals surface area contributed by atoms with Crippen molar-refractivity contribution in [3.63, 3.8) is 0 Å². The van der Waals surface area contributed by atoms with Gasteiger partial charge in [0.25, 0.3) is 0 Å². The number of esters is 1. The number of rotatable bonds is 7. The van der Waals surface area contributed by atoms with Crippen LogP contribution in [0.15, 0.2) is 42.5 Å². The number of methoxy groups -OCH3 is 1. The molecule has 1 aromatic rings. The molecule has 116 valence electrons. The van der Waals surface area contributed by atoms with E-state index in [2.05, 4.69) is 4.74 Å². The first-order chi connectivity index (χ1) is 9.93. The quantitative estimate of drug-likeness (QED) is 0.335. The van der Waals surface area contributed by atoms with Gasteiger partial charge in [0.05, 0.1) is 19.8 Å². The fourth-order valence-electron chi connectivity index (χ4n) is 1.68. The van der Waals surface area contributed by atoms with E-state index in [1.54, 1.807) is 6.08 Å². The molecule has 0 unspecified atom stereocenters. The summed E-state index contributed by atoms with van der Waals surface area (Å²) in [6, 6.07) is 9.90. The maximum atomic E-state index is 11.2. The monoisotopic (exact) mass is 292 g/mol. The summed E-state index contributed by atoms with van der Waals surface area (Å²) >= 11 is 0. The fourth-order valence-corrected chi connectivity index (χ4v) is 1.68. The summed E-state index contributed by atoms with van der Waals surface area (Å²) in [5.41, 5.74) is 0.958.